The van der Waals surface area contributed by atoms with Gasteiger partial charge in [0.1, 0.15) is 12.4 Å². The van der Waals surface area contributed by atoms with Crippen LogP contribution < -0.4 is 4.74 Å². The highest BCUT2D eigenvalue weighted by atomic mass is 16.5. The number of nitrogens with zero attached hydrogens (tertiary/aromatic N) is 1. The number of carbonyl (C=O) groups excluding carboxylic acids is 1. The summed E-state index contributed by atoms with van der Waals surface area (Å²) in [7, 11) is 1.34. The zero-order valence-corrected chi connectivity index (χ0v) is 10.3. The molecule has 0 saturated carbocycles. The molecule has 0 radical (unpaired) electrons. The Morgan fingerprint density at radius 2 is 2.06 bits per heavy atom. The summed E-state index contributed by atoms with van der Waals surface area (Å²) < 4.78 is 10.1. The van der Waals surface area contributed by atoms with Gasteiger partial charge in [0.25, 0.3) is 0 Å². The van der Waals surface area contributed by atoms with Crippen molar-refractivity contribution < 1.29 is 14.3 Å². The first-order chi connectivity index (χ1) is 8.71. The zero-order chi connectivity index (χ0) is 13.4. The number of rotatable bonds is 6. The molecule has 0 aromatic heterocycles. The van der Waals surface area contributed by atoms with E-state index in [2.05, 4.69) is 23.0 Å². The molecule has 94 valence electrons. The van der Waals surface area contributed by atoms with E-state index in [1.54, 1.807) is 36.4 Å². The molecule has 1 rings (SSSR count). The topological polar surface area (TPSA) is 47.9 Å². The van der Waals surface area contributed by atoms with Crippen molar-refractivity contribution in [2.24, 2.45) is 4.99 Å². The Kier molecular flexibility index (Phi) is 5.38. The molecule has 0 heterocycles. The molecule has 18 heavy (non-hydrogen) atoms. The Morgan fingerprint density at radius 1 is 1.39 bits per heavy atom. The van der Waals surface area contributed by atoms with Crippen LogP contribution in [0.1, 0.15) is 10.4 Å². The molecular weight excluding hydrogens is 230 g/mol. The van der Waals surface area contributed by atoms with Crippen molar-refractivity contribution in [3.63, 3.8) is 0 Å². The molecule has 0 bridgehead atoms. The second-order valence-corrected chi connectivity index (χ2v) is 3.36. The molecule has 0 unspecified atom stereocenters. The normalized spacial score (nSPS) is 10.6. The quantitative estimate of drug-likeness (QED) is 0.439. The molecule has 0 aliphatic rings. The maximum absolute atomic E-state index is 11.2. The Morgan fingerprint density at radius 3 is 2.56 bits per heavy atom. The Balaban J connectivity index is 2.64. The monoisotopic (exact) mass is 245 g/mol. The third-order valence-corrected chi connectivity index (χ3v) is 2.18. The average molecular weight is 245 g/mol. The lowest BCUT2D eigenvalue weighted by Crippen LogP contribution is -2.02. The minimum atomic E-state index is -0.374. The molecule has 4 nitrogen and oxygen atoms in total. The van der Waals surface area contributed by atoms with Crippen LogP contribution in [0.4, 0.5) is 0 Å². The van der Waals surface area contributed by atoms with E-state index in [9.17, 15) is 4.79 Å². The summed E-state index contributed by atoms with van der Waals surface area (Å²) in [4.78, 5) is 15.0. The van der Waals surface area contributed by atoms with E-state index < -0.39 is 0 Å². The second kappa shape index (κ2) is 7.06. The van der Waals surface area contributed by atoms with E-state index in [1.165, 1.54) is 7.11 Å². The number of hydrogen-bond donors (Lipinski definition) is 0. The molecule has 0 N–H and O–H groups in total. The number of aliphatic imine (C=N–C) groups is 1. The minimum Gasteiger partial charge on any atom is -0.487 e. The maximum Gasteiger partial charge on any atom is 0.337 e. The summed E-state index contributed by atoms with van der Waals surface area (Å²) in [6, 6.07) is 6.67. The lowest BCUT2D eigenvalue weighted by atomic mass is 10.2. The molecule has 0 fully saturated rings. The zero-order valence-electron chi connectivity index (χ0n) is 10.3. The van der Waals surface area contributed by atoms with Crippen molar-refractivity contribution in [2.75, 3.05) is 13.7 Å². The van der Waals surface area contributed by atoms with Gasteiger partial charge in [-0.15, -0.1) is 0 Å². The predicted octanol–water partition coefficient (Wildman–Crippen LogP) is 2.62. The van der Waals surface area contributed by atoms with Gasteiger partial charge in [-0.25, -0.2) is 4.79 Å². The van der Waals surface area contributed by atoms with Crippen LogP contribution in [-0.2, 0) is 4.74 Å². The van der Waals surface area contributed by atoms with Gasteiger partial charge in [0.15, 0.2) is 0 Å². The van der Waals surface area contributed by atoms with Crippen molar-refractivity contribution in [1.82, 2.24) is 0 Å². The fourth-order valence-corrected chi connectivity index (χ4v) is 1.24. The van der Waals surface area contributed by atoms with Crippen LogP contribution in [0.15, 0.2) is 53.7 Å². The first-order valence-corrected chi connectivity index (χ1v) is 5.30. The lowest BCUT2D eigenvalue weighted by Gasteiger charge is -2.06. The summed E-state index contributed by atoms with van der Waals surface area (Å²) in [6.45, 7) is 7.30. The van der Waals surface area contributed by atoms with Gasteiger partial charge in [-0.1, -0.05) is 12.7 Å². The highest BCUT2D eigenvalue weighted by Gasteiger charge is 2.04. The first-order valence-electron chi connectivity index (χ1n) is 5.30. The van der Waals surface area contributed by atoms with Gasteiger partial charge in [0.2, 0.25) is 0 Å². The molecule has 0 saturated heterocycles. The van der Waals surface area contributed by atoms with Crippen molar-refractivity contribution >= 4 is 12.7 Å². The number of methoxy groups -OCH3 is 1. The molecule has 0 amide bonds. The Labute approximate surface area is 106 Å². The van der Waals surface area contributed by atoms with Crippen LogP contribution in [-0.4, -0.2) is 26.4 Å². The van der Waals surface area contributed by atoms with Gasteiger partial charge in [-0.3, -0.25) is 4.99 Å². The van der Waals surface area contributed by atoms with E-state index >= 15 is 0 Å². The average Bonchev–Trinajstić information content (AvgIpc) is 2.43. The lowest BCUT2D eigenvalue weighted by molar-refractivity contribution is 0.0600. The maximum atomic E-state index is 11.2. The predicted molar refractivity (Wildman–Crippen MR) is 71.1 cm³/mol. The molecule has 0 atom stereocenters. The summed E-state index contributed by atoms with van der Waals surface area (Å²) in [5, 5.41) is 0. The van der Waals surface area contributed by atoms with Crippen LogP contribution in [0.5, 0.6) is 5.75 Å². The van der Waals surface area contributed by atoms with Crippen molar-refractivity contribution in [3.8, 4) is 5.75 Å². The Bertz CT molecular complexity index is 460. The van der Waals surface area contributed by atoms with Gasteiger partial charge < -0.3 is 9.47 Å². The van der Waals surface area contributed by atoms with Gasteiger partial charge in [0, 0.05) is 0 Å². The van der Waals surface area contributed by atoms with Crippen molar-refractivity contribution in [3.05, 3.63) is 54.3 Å². The Hall–Kier alpha value is -2.36. The standard InChI is InChI=1S/C14H15NO3/c1-4-5-12(15-2)10-18-13-8-6-11(7-9-13)14(16)17-3/h4-9H,1-2,10H2,3H3/b12-5-. The van der Waals surface area contributed by atoms with Crippen molar-refractivity contribution in [1.29, 1.82) is 0 Å². The number of benzene rings is 1. The summed E-state index contributed by atoms with van der Waals surface area (Å²) in [5.74, 6) is 0.266. The minimum absolute atomic E-state index is 0.299. The summed E-state index contributed by atoms with van der Waals surface area (Å²) >= 11 is 0. The van der Waals surface area contributed by atoms with Gasteiger partial charge >= 0.3 is 5.97 Å². The van der Waals surface area contributed by atoms with Crippen LogP contribution in [0, 0.1) is 0 Å². The molecule has 4 heteroatoms. The molecule has 1 aromatic rings. The van der Waals surface area contributed by atoms with E-state index in [0.29, 0.717) is 23.6 Å². The molecular formula is C14H15NO3. The van der Waals surface area contributed by atoms with E-state index in [-0.39, 0.29) is 5.97 Å². The molecule has 0 spiro atoms. The first kappa shape index (κ1) is 13.7. The number of allylic oxidation sites excluding steroid dienone is 2. The van der Waals surface area contributed by atoms with E-state index in [0.717, 1.165) is 0 Å². The van der Waals surface area contributed by atoms with Crippen LogP contribution >= 0.6 is 0 Å². The van der Waals surface area contributed by atoms with Crippen LogP contribution in [0.25, 0.3) is 0 Å². The fraction of sp³-hybridized carbons (Fsp3) is 0.143. The summed E-state index contributed by atoms with van der Waals surface area (Å²) in [5.41, 5.74) is 1.16. The fourth-order valence-electron chi connectivity index (χ4n) is 1.24. The van der Waals surface area contributed by atoms with Gasteiger partial charge in [-0.2, -0.15) is 0 Å². The molecule has 0 aliphatic carbocycles. The smallest absolute Gasteiger partial charge is 0.337 e. The SMILES string of the molecule is C=C/C=C(/COc1ccc(C(=O)OC)cc1)N=C. The highest BCUT2D eigenvalue weighted by molar-refractivity contribution is 5.89. The number of esters is 1. The molecule has 1 aromatic carbocycles. The third-order valence-electron chi connectivity index (χ3n) is 2.18. The number of carbonyl (C=O) groups is 1. The molecule has 0 aliphatic heterocycles. The summed E-state index contributed by atoms with van der Waals surface area (Å²) in [6.07, 6.45) is 3.34. The van der Waals surface area contributed by atoms with E-state index in [1.807, 2.05) is 0 Å². The highest BCUT2D eigenvalue weighted by Crippen LogP contribution is 2.14. The largest absolute Gasteiger partial charge is 0.487 e. The third kappa shape index (κ3) is 3.90. The van der Waals surface area contributed by atoms with Crippen molar-refractivity contribution in [2.45, 2.75) is 0 Å². The second-order valence-electron chi connectivity index (χ2n) is 3.36. The van der Waals surface area contributed by atoms with E-state index in [4.69, 9.17) is 4.74 Å². The number of hydrogen-bond acceptors (Lipinski definition) is 4. The van der Waals surface area contributed by atoms with Gasteiger partial charge in [-0.05, 0) is 37.1 Å². The van der Waals surface area contributed by atoms with Crippen LogP contribution in [0.3, 0.4) is 0 Å². The number of ether oxygens (including phenoxy) is 2. The van der Waals surface area contributed by atoms with Crippen LogP contribution in [0.2, 0.25) is 0 Å². The van der Waals surface area contributed by atoms with Gasteiger partial charge in [0.05, 0.1) is 18.4 Å².